The molecular formula is C14H19N3O3. The van der Waals surface area contributed by atoms with E-state index in [1.165, 1.54) is 12.3 Å². The molecule has 6 heteroatoms. The molecule has 2 rings (SSSR count). The SMILES string of the molecule is CC(C)NC(=O)c1cc(C(=O)N2CCOCC2)ccn1. The third-order valence-electron chi connectivity index (χ3n) is 2.96. The smallest absolute Gasteiger partial charge is 0.270 e. The molecule has 1 aliphatic rings. The second kappa shape index (κ2) is 6.47. The molecule has 1 aromatic rings. The summed E-state index contributed by atoms with van der Waals surface area (Å²) in [6.45, 7) is 6.01. The minimum Gasteiger partial charge on any atom is -0.378 e. The van der Waals surface area contributed by atoms with E-state index in [4.69, 9.17) is 4.74 Å². The zero-order chi connectivity index (χ0) is 14.5. The van der Waals surface area contributed by atoms with Crippen LogP contribution < -0.4 is 5.32 Å². The zero-order valence-electron chi connectivity index (χ0n) is 11.8. The highest BCUT2D eigenvalue weighted by molar-refractivity contribution is 5.98. The molecule has 2 heterocycles. The Labute approximate surface area is 118 Å². The largest absolute Gasteiger partial charge is 0.378 e. The monoisotopic (exact) mass is 277 g/mol. The van der Waals surface area contributed by atoms with Crippen molar-refractivity contribution in [2.45, 2.75) is 19.9 Å². The molecule has 0 radical (unpaired) electrons. The minimum absolute atomic E-state index is 0.0305. The summed E-state index contributed by atoms with van der Waals surface area (Å²) in [5, 5.41) is 2.76. The molecule has 2 amide bonds. The zero-order valence-corrected chi connectivity index (χ0v) is 11.8. The molecule has 0 bridgehead atoms. The van der Waals surface area contributed by atoms with Crippen LogP contribution >= 0.6 is 0 Å². The Balaban J connectivity index is 2.12. The number of hydrogen-bond acceptors (Lipinski definition) is 4. The predicted octanol–water partition coefficient (Wildman–Crippen LogP) is 0.692. The first-order valence-electron chi connectivity index (χ1n) is 6.72. The number of carbonyl (C=O) groups excluding carboxylic acids is 2. The Hall–Kier alpha value is -1.95. The van der Waals surface area contributed by atoms with Gasteiger partial charge in [0, 0.05) is 30.9 Å². The molecule has 1 aliphatic heterocycles. The summed E-state index contributed by atoms with van der Waals surface area (Å²) in [7, 11) is 0. The summed E-state index contributed by atoms with van der Waals surface area (Å²) in [6, 6.07) is 3.20. The van der Waals surface area contributed by atoms with E-state index in [1.807, 2.05) is 13.8 Å². The van der Waals surface area contributed by atoms with Crippen LogP contribution in [-0.2, 0) is 4.74 Å². The van der Waals surface area contributed by atoms with Crippen molar-refractivity contribution in [3.05, 3.63) is 29.6 Å². The number of nitrogens with zero attached hydrogens (tertiary/aromatic N) is 2. The quantitative estimate of drug-likeness (QED) is 0.882. The van der Waals surface area contributed by atoms with Crippen LogP contribution in [-0.4, -0.2) is 54.0 Å². The fraction of sp³-hybridized carbons (Fsp3) is 0.500. The molecule has 0 unspecified atom stereocenters. The summed E-state index contributed by atoms with van der Waals surface area (Å²) < 4.78 is 5.22. The van der Waals surface area contributed by atoms with Crippen molar-refractivity contribution in [1.29, 1.82) is 0 Å². The lowest BCUT2D eigenvalue weighted by Gasteiger charge is -2.26. The summed E-state index contributed by atoms with van der Waals surface area (Å²) in [5.41, 5.74) is 0.744. The van der Waals surface area contributed by atoms with E-state index in [2.05, 4.69) is 10.3 Å². The van der Waals surface area contributed by atoms with Crippen LogP contribution in [0.3, 0.4) is 0 Å². The number of hydrogen-bond donors (Lipinski definition) is 1. The number of carbonyl (C=O) groups is 2. The molecule has 108 valence electrons. The van der Waals surface area contributed by atoms with E-state index in [9.17, 15) is 9.59 Å². The van der Waals surface area contributed by atoms with Crippen molar-refractivity contribution in [2.24, 2.45) is 0 Å². The van der Waals surface area contributed by atoms with Crippen molar-refractivity contribution >= 4 is 11.8 Å². The Bertz CT molecular complexity index is 496. The maximum absolute atomic E-state index is 12.3. The standard InChI is InChI=1S/C14H19N3O3/c1-10(2)16-13(18)12-9-11(3-4-15-12)14(19)17-5-7-20-8-6-17/h3-4,9-10H,5-8H2,1-2H3,(H,16,18). The topological polar surface area (TPSA) is 71.5 Å². The van der Waals surface area contributed by atoms with Crippen molar-refractivity contribution in [3.8, 4) is 0 Å². The average molecular weight is 277 g/mol. The molecule has 0 atom stereocenters. The van der Waals surface area contributed by atoms with Gasteiger partial charge in [-0.3, -0.25) is 14.6 Å². The first-order valence-corrected chi connectivity index (χ1v) is 6.72. The number of nitrogens with one attached hydrogen (secondary N) is 1. The van der Waals surface area contributed by atoms with E-state index in [1.54, 1.807) is 11.0 Å². The Morgan fingerprint density at radius 2 is 2.05 bits per heavy atom. The third kappa shape index (κ3) is 3.54. The Morgan fingerprint density at radius 3 is 2.70 bits per heavy atom. The first kappa shape index (κ1) is 14.5. The molecule has 20 heavy (non-hydrogen) atoms. The average Bonchev–Trinajstić information content (AvgIpc) is 2.47. The van der Waals surface area contributed by atoms with Crippen LogP contribution in [0.2, 0.25) is 0 Å². The number of rotatable bonds is 3. The summed E-state index contributed by atoms with van der Waals surface area (Å²) in [5.74, 6) is -0.356. The predicted molar refractivity (Wildman–Crippen MR) is 73.6 cm³/mol. The lowest BCUT2D eigenvalue weighted by atomic mass is 10.2. The Morgan fingerprint density at radius 1 is 1.35 bits per heavy atom. The van der Waals surface area contributed by atoms with E-state index >= 15 is 0 Å². The molecule has 0 spiro atoms. The highest BCUT2D eigenvalue weighted by Crippen LogP contribution is 2.08. The van der Waals surface area contributed by atoms with Gasteiger partial charge in [0.1, 0.15) is 5.69 Å². The van der Waals surface area contributed by atoms with Crippen molar-refractivity contribution in [3.63, 3.8) is 0 Å². The number of ether oxygens (including phenoxy) is 1. The van der Waals surface area contributed by atoms with Crippen LogP contribution in [0.25, 0.3) is 0 Å². The second-order valence-corrected chi connectivity index (χ2v) is 4.96. The second-order valence-electron chi connectivity index (χ2n) is 4.96. The van der Waals surface area contributed by atoms with Crippen molar-refractivity contribution < 1.29 is 14.3 Å². The molecule has 6 nitrogen and oxygen atoms in total. The highest BCUT2D eigenvalue weighted by atomic mass is 16.5. The molecule has 0 aliphatic carbocycles. The van der Waals surface area contributed by atoms with Crippen molar-refractivity contribution in [1.82, 2.24) is 15.2 Å². The van der Waals surface area contributed by atoms with Gasteiger partial charge in [0.15, 0.2) is 0 Å². The van der Waals surface area contributed by atoms with Crippen LogP contribution in [0.15, 0.2) is 18.3 Å². The molecule has 0 aromatic carbocycles. The molecule has 1 saturated heterocycles. The van der Waals surface area contributed by atoms with E-state index in [0.717, 1.165) is 0 Å². The van der Waals surface area contributed by atoms with Gasteiger partial charge in [-0.05, 0) is 26.0 Å². The van der Waals surface area contributed by atoms with Crippen LogP contribution in [0.5, 0.6) is 0 Å². The van der Waals surface area contributed by atoms with Gasteiger partial charge in [0.05, 0.1) is 13.2 Å². The number of pyridine rings is 1. The molecule has 1 fully saturated rings. The summed E-state index contributed by atoms with van der Waals surface area (Å²) >= 11 is 0. The van der Waals surface area contributed by atoms with Crippen LogP contribution in [0, 0.1) is 0 Å². The van der Waals surface area contributed by atoms with Gasteiger partial charge < -0.3 is 15.0 Å². The van der Waals surface area contributed by atoms with E-state index < -0.39 is 0 Å². The number of aromatic nitrogens is 1. The fourth-order valence-corrected chi connectivity index (χ4v) is 1.97. The third-order valence-corrected chi connectivity index (χ3v) is 2.96. The van der Waals surface area contributed by atoms with Gasteiger partial charge in [-0.2, -0.15) is 0 Å². The fourth-order valence-electron chi connectivity index (χ4n) is 1.97. The molecule has 1 aromatic heterocycles. The summed E-state index contributed by atoms with van der Waals surface area (Å²) in [6.07, 6.45) is 1.49. The van der Waals surface area contributed by atoms with Gasteiger partial charge in [0.2, 0.25) is 0 Å². The Kier molecular flexibility index (Phi) is 4.68. The van der Waals surface area contributed by atoms with E-state index in [0.29, 0.717) is 31.9 Å². The number of amides is 2. The first-order chi connectivity index (χ1) is 9.58. The lowest BCUT2D eigenvalue weighted by molar-refractivity contribution is 0.0303. The molecule has 1 N–H and O–H groups in total. The van der Waals surface area contributed by atoms with Crippen LogP contribution in [0.4, 0.5) is 0 Å². The van der Waals surface area contributed by atoms with Gasteiger partial charge >= 0.3 is 0 Å². The van der Waals surface area contributed by atoms with Gasteiger partial charge in [-0.1, -0.05) is 0 Å². The molecule has 0 saturated carbocycles. The van der Waals surface area contributed by atoms with Gasteiger partial charge in [0.25, 0.3) is 11.8 Å². The van der Waals surface area contributed by atoms with E-state index in [-0.39, 0.29) is 23.6 Å². The highest BCUT2D eigenvalue weighted by Gasteiger charge is 2.20. The molecular weight excluding hydrogens is 258 g/mol. The van der Waals surface area contributed by atoms with Crippen molar-refractivity contribution in [2.75, 3.05) is 26.3 Å². The minimum atomic E-state index is -0.267. The maximum atomic E-state index is 12.3. The normalized spacial score (nSPS) is 15.2. The number of morpholine rings is 1. The summed E-state index contributed by atoms with van der Waals surface area (Å²) in [4.78, 5) is 29.9. The van der Waals surface area contributed by atoms with Gasteiger partial charge in [-0.15, -0.1) is 0 Å². The van der Waals surface area contributed by atoms with Crippen LogP contribution in [0.1, 0.15) is 34.7 Å². The maximum Gasteiger partial charge on any atom is 0.270 e. The lowest BCUT2D eigenvalue weighted by Crippen LogP contribution is -2.40. The van der Waals surface area contributed by atoms with Gasteiger partial charge in [-0.25, -0.2) is 0 Å².